The molecule has 0 fully saturated rings. The van der Waals surface area contributed by atoms with Crippen molar-refractivity contribution in [2.24, 2.45) is 0 Å². The molecule has 0 amide bonds. The van der Waals surface area contributed by atoms with Gasteiger partial charge in [0.25, 0.3) is 5.56 Å². The second kappa shape index (κ2) is 2.83. The molecule has 0 N–H and O–H groups in total. The third-order valence-corrected chi connectivity index (χ3v) is 2.89. The van der Waals surface area contributed by atoms with Crippen LogP contribution in [0.15, 0.2) is 41.2 Å². The Morgan fingerprint density at radius 1 is 1.20 bits per heavy atom. The summed E-state index contributed by atoms with van der Waals surface area (Å²) in [5, 5.41) is 0. The number of pyridine rings is 1. The summed E-state index contributed by atoms with van der Waals surface area (Å²) in [5.41, 5.74) is 4.61. The van der Waals surface area contributed by atoms with Gasteiger partial charge >= 0.3 is 0 Å². The highest BCUT2D eigenvalue weighted by atomic mass is 16.1. The number of aromatic nitrogens is 1. The zero-order chi connectivity index (χ0) is 10.4. The third kappa shape index (κ3) is 1.14. The fourth-order valence-electron chi connectivity index (χ4n) is 2.19. The highest BCUT2D eigenvalue weighted by Crippen LogP contribution is 2.29. The minimum Gasteiger partial charge on any atom is -0.304 e. The van der Waals surface area contributed by atoms with Crippen molar-refractivity contribution < 1.29 is 0 Å². The van der Waals surface area contributed by atoms with Gasteiger partial charge in [0.05, 0.1) is 12.2 Å². The molecule has 0 bridgehead atoms. The molecule has 2 heterocycles. The van der Waals surface area contributed by atoms with Crippen molar-refractivity contribution in [3.63, 3.8) is 0 Å². The van der Waals surface area contributed by atoms with Gasteiger partial charge in [0.15, 0.2) is 0 Å². The van der Waals surface area contributed by atoms with Gasteiger partial charge in [-0.1, -0.05) is 24.3 Å². The molecule has 0 saturated carbocycles. The van der Waals surface area contributed by atoms with Gasteiger partial charge in [0.2, 0.25) is 0 Å². The van der Waals surface area contributed by atoms with E-state index in [1.54, 1.807) is 6.07 Å². The van der Waals surface area contributed by atoms with Gasteiger partial charge < -0.3 is 4.57 Å². The number of rotatable bonds is 0. The summed E-state index contributed by atoms with van der Waals surface area (Å²) in [6.45, 7) is 2.67. The van der Waals surface area contributed by atoms with Gasteiger partial charge in [-0.25, -0.2) is 0 Å². The Kier molecular flexibility index (Phi) is 1.60. The Morgan fingerprint density at radius 3 is 2.87 bits per heavy atom. The first-order valence-electron chi connectivity index (χ1n) is 5.05. The van der Waals surface area contributed by atoms with E-state index in [-0.39, 0.29) is 5.56 Å². The first-order chi connectivity index (χ1) is 7.25. The maximum Gasteiger partial charge on any atom is 0.251 e. The van der Waals surface area contributed by atoms with E-state index in [9.17, 15) is 4.79 Å². The Bertz CT molecular complexity index is 596. The summed E-state index contributed by atoms with van der Waals surface area (Å²) in [5.74, 6) is 0. The van der Waals surface area contributed by atoms with Gasteiger partial charge in [0, 0.05) is 11.6 Å². The van der Waals surface area contributed by atoms with Crippen molar-refractivity contribution in [2.45, 2.75) is 13.5 Å². The summed E-state index contributed by atoms with van der Waals surface area (Å²) in [4.78, 5) is 11.8. The number of aryl methyl sites for hydroxylation is 1. The van der Waals surface area contributed by atoms with E-state index in [4.69, 9.17) is 0 Å². The fourth-order valence-corrected chi connectivity index (χ4v) is 2.19. The number of nitrogens with zero attached hydrogens (tertiary/aromatic N) is 1. The Balaban J connectivity index is 2.38. The molecule has 1 aromatic carbocycles. The second-order valence-corrected chi connectivity index (χ2v) is 4.00. The van der Waals surface area contributed by atoms with Crippen molar-refractivity contribution in [3.05, 3.63) is 57.9 Å². The summed E-state index contributed by atoms with van der Waals surface area (Å²) in [6.07, 6.45) is 0. The normalized spacial score (nSPS) is 12.3. The zero-order valence-corrected chi connectivity index (χ0v) is 8.53. The van der Waals surface area contributed by atoms with E-state index in [1.807, 2.05) is 23.6 Å². The predicted molar refractivity (Wildman–Crippen MR) is 60.0 cm³/mol. The van der Waals surface area contributed by atoms with Crippen molar-refractivity contribution >= 4 is 0 Å². The largest absolute Gasteiger partial charge is 0.304 e. The lowest BCUT2D eigenvalue weighted by Crippen LogP contribution is -2.17. The van der Waals surface area contributed by atoms with Crippen LogP contribution in [0, 0.1) is 6.92 Å². The second-order valence-electron chi connectivity index (χ2n) is 4.00. The maximum atomic E-state index is 11.8. The van der Waals surface area contributed by atoms with Crippen molar-refractivity contribution in [1.82, 2.24) is 4.57 Å². The minimum atomic E-state index is 0.0983. The van der Waals surface area contributed by atoms with Crippen molar-refractivity contribution in [1.29, 1.82) is 0 Å². The Labute approximate surface area is 87.8 Å². The maximum absolute atomic E-state index is 11.8. The number of hydrogen-bond acceptors (Lipinski definition) is 1. The summed E-state index contributed by atoms with van der Waals surface area (Å²) < 4.78 is 1.83. The van der Waals surface area contributed by atoms with Crippen LogP contribution >= 0.6 is 0 Å². The van der Waals surface area contributed by atoms with Crippen molar-refractivity contribution in [2.75, 3.05) is 0 Å². The molecule has 1 aromatic heterocycles. The molecule has 0 unspecified atom stereocenters. The SMILES string of the molecule is Cc1cc2n(c(=O)c1)Cc1ccccc1-2. The van der Waals surface area contributed by atoms with Crippen LogP contribution in [0.2, 0.25) is 0 Å². The smallest absolute Gasteiger partial charge is 0.251 e. The van der Waals surface area contributed by atoms with Crippen LogP contribution in [-0.2, 0) is 6.54 Å². The van der Waals surface area contributed by atoms with E-state index in [1.165, 1.54) is 11.1 Å². The molecule has 3 rings (SSSR count). The van der Waals surface area contributed by atoms with Crippen LogP contribution in [0.5, 0.6) is 0 Å². The molecule has 0 spiro atoms. The monoisotopic (exact) mass is 197 g/mol. The quantitative estimate of drug-likeness (QED) is 0.541. The van der Waals surface area contributed by atoms with E-state index in [2.05, 4.69) is 18.2 Å². The van der Waals surface area contributed by atoms with E-state index in [0.717, 1.165) is 11.3 Å². The summed E-state index contributed by atoms with van der Waals surface area (Å²) in [6, 6.07) is 12.0. The highest BCUT2D eigenvalue weighted by Gasteiger charge is 2.18. The van der Waals surface area contributed by atoms with Crippen LogP contribution in [-0.4, -0.2) is 4.57 Å². The van der Waals surface area contributed by atoms with Crippen molar-refractivity contribution in [3.8, 4) is 11.3 Å². The minimum absolute atomic E-state index is 0.0983. The molecule has 0 atom stereocenters. The molecule has 0 aliphatic carbocycles. The van der Waals surface area contributed by atoms with Crippen LogP contribution in [0.3, 0.4) is 0 Å². The lowest BCUT2D eigenvalue weighted by Gasteiger charge is -2.03. The molecule has 0 radical (unpaired) electrons. The molecule has 1 aliphatic rings. The molecule has 2 nitrogen and oxygen atoms in total. The molecule has 1 aliphatic heterocycles. The highest BCUT2D eigenvalue weighted by molar-refractivity contribution is 5.68. The van der Waals surface area contributed by atoms with Gasteiger partial charge in [-0.15, -0.1) is 0 Å². The lowest BCUT2D eigenvalue weighted by atomic mass is 10.1. The van der Waals surface area contributed by atoms with Gasteiger partial charge in [-0.2, -0.15) is 0 Å². The van der Waals surface area contributed by atoms with Gasteiger partial charge in [-0.3, -0.25) is 4.79 Å². The molecular weight excluding hydrogens is 186 g/mol. The lowest BCUT2D eigenvalue weighted by molar-refractivity contribution is 0.801. The first kappa shape index (κ1) is 8.48. The Hall–Kier alpha value is -1.83. The van der Waals surface area contributed by atoms with Gasteiger partial charge in [0.1, 0.15) is 0 Å². The van der Waals surface area contributed by atoms with E-state index >= 15 is 0 Å². The molecule has 0 saturated heterocycles. The molecule has 15 heavy (non-hydrogen) atoms. The number of fused-ring (bicyclic) bond motifs is 3. The Morgan fingerprint density at radius 2 is 2.00 bits per heavy atom. The van der Waals surface area contributed by atoms with Crippen LogP contribution < -0.4 is 5.56 Å². The molecule has 2 heteroatoms. The zero-order valence-electron chi connectivity index (χ0n) is 8.53. The summed E-state index contributed by atoms with van der Waals surface area (Å²) in [7, 11) is 0. The standard InChI is InChI=1S/C13H11NO/c1-9-6-12-11-5-3-2-4-10(11)8-14(12)13(15)7-9/h2-7H,8H2,1H3. The number of hydrogen-bond donors (Lipinski definition) is 0. The average Bonchev–Trinajstić information content (AvgIpc) is 2.57. The predicted octanol–water partition coefficient (Wildman–Crippen LogP) is 2.19. The summed E-state index contributed by atoms with van der Waals surface area (Å²) >= 11 is 0. The van der Waals surface area contributed by atoms with Gasteiger partial charge in [-0.05, 0) is 24.1 Å². The number of benzene rings is 1. The van der Waals surface area contributed by atoms with E-state index in [0.29, 0.717) is 6.54 Å². The third-order valence-electron chi connectivity index (χ3n) is 2.89. The molecule has 2 aromatic rings. The average molecular weight is 197 g/mol. The topological polar surface area (TPSA) is 22.0 Å². The molecular formula is C13H11NO. The van der Waals surface area contributed by atoms with Crippen LogP contribution in [0.4, 0.5) is 0 Å². The fraction of sp³-hybridized carbons (Fsp3) is 0.154. The van der Waals surface area contributed by atoms with Crippen LogP contribution in [0.1, 0.15) is 11.1 Å². The van der Waals surface area contributed by atoms with Crippen LogP contribution in [0.25, 0.3) is 11.3 Å². The first-order valence-corrected chi connectivity index (χ1v) is 5.05. The van der Waals surface area contributed by atoms with E-state index < -0.39 is 0 Å². The molecule has 74 valence electrons.